The van der Waals surface area contributed by atoms with E-state index in [2.05, 4.69) is 33.0 Å². The zero-order chi connectivity index (χ0) is 15.1. The lowest BCUT2D eigenvalue weighted by atomic mass is 9.84. The summed E-state index contributed by atoms with van der Waals surface area (Å²) < 4.78 is 18.7. The van der Waals surface area contributed by atoms with Gasteiger partial charge in [0, 0.05) is 6.04 Å². The number of ether oxygens (including phenoxy) is 1. The molecule has 114 valence electrons. The van der Waals surface area contributed by atoms with Crippen molar-refractivity contribution >= 4 is 0 Å². The van der Waals surface area contributed by atoms with Crippen LogP contribution in [0.4, 0.5) is 4.39 Å². The first-order valence-corrected chi connectivity index (χ1v) is 7.55. The molecule has 0 radical (unpaired) electrons. The molecule has 0 saturated carbocycles. The van der Waals surface area contributed by atoms with Gasteiger partial charge in [-0.15, -0.1) is 0 Å². The maximum absolute atomic E-state index is 13.8. The molecule has 1 rings (SSSR count). The second-order valence-electron chi connectivity index (χ2n) is 5.82. The molecule has 0 heterocycles. The Morgan fingerprint density at radius 1 is 1.25 bits per heavy atom. The van der Waals surface area contributed by atoms with E-state index >= 15 is 0 Å². The third-order valence-electron chi connectivity index (χ3n) is 3.90. The predicted octanol–water partition coefficient (Wildman–Crippen LogP) is 4.04. The van der Waals surface area contributed by atoms with Crippen molar-refractivity contribution < 1.29 is 9.13 Å². The van der Waals surface area contributed by atoms with Gasteiger partial charge in [0.05, 0.1) is 7.11 Å². The van der Waals surface area contributed by atoms with Crippen LogP contribution in [0.25, 0.3) is 0 Å². The summed E-state index contributed by atoms with van der Waals surface area (Å²) in [5.41, 5.74) is 1.03. The number of rotatable bonds is 8. The van der Waals surface area contributed by atoms with Crippen molar-refractivity contribution in [2.75, 3.05) is 13.7 Å². The average Bonchev–Trinajstić information content (AvgIpc) is 2.42. The van der Waals surface area contributed by atoms with Crippen LogP contribution in [0.3, 0.4) is 0 Å². The molecule has 2 unspecified atom stereocenters. The fourth-order valence-corrected chi connectivity index (χ4v) is 2.62. The van der Waals surface area contributed by atoms with Crippen molar-refractivity contribution in [2.24, 2.45) is 11.8 Å². The third-order valence-corrected chi connectivity index (χ3v) is 3.90. The van der Waals surface area contributed by atoms with E-state index in [4.69, 9.17) is 4.74 Å². The van der Waals surface area contributed by atoms with Gasteiger partial charge in [-0.05, 0) is 55.8 Å². The largest absolute Gasteiger partial charge is 0.494 e. The molecule has 1 aromatic carbocycles. The minimum absolute atomic E-state index is 0.276. The topological polar surface area (TPSA) is 21.3 Å². The lowest BCUT2D eigenvalue weighted by molar-refractivity contribution is 0.288. The molecule has 1 aromatic rings. The van der Waals surface area contributed by atoms with Crippen molar-refractivity contribution in [3.05, 3.63) is 29.6 Å². The van der Waals surface area contributed by atoms with Crippen LogP contribution in [0.1, 0.15) is 39.7 Å². The summed E-state index contributed by atoms with van der Waals surface area (Å²) in [6, 6.07) is 5.71. The second kappa shape index (κ2) is 8.25. The molecule has 2 nitrogen and oxygen atoms in total. The normalized spacial score (nSPS) is 14.3. The van der Waals surface area contributed by atoms with Crippen LogP contribution >= 0.6 is 0 Å². The van der Waals surface area contributed by atoms with Crippen LogP contribution in [0.5, 0.6) is 5.75 Å². The molecule has 2 atom stereocenters. The maximum atomic E-state index is 13.8. The second-order valence-corrected chi connectivity index (χ2v) is 5.82. The summed E-state index contributed by atoms with van der Waals surface area (Å²) in [4.78, 5) is 0. The Morgan fingerprint density at radius 3 is 2.45 bits per heavy atom. The molecule has 0 spiro atoms. The van der Waals surface area contributed by atoms with Crippen molar-refractivity contribution in [1.29, 1.82) is 0 Å². The Balaban J connectivity index is 2.77. The van der Waals surface area contributed by atoms with Crippen LogP contribution < -0.4 is 10.1 Å². The SMILES string of the molecule is CCCNC(C)C(Cc1ccc(OC)c(F)c1)C(C)C. The number of hydrogen-bond acceptors (Lipinski definition) is 2. The van der Waals surface area contributed by atoms with Crippen LogP contribution in [0.15, 0.2) is 18.2 Å². The fourth-order valence-electron chi connectivity index (χ4n) is 2.62. The molecule has 0 amide bonds. The van der Waals surface area contributed by atoms with Crippen LogP contribution in [0.2, 0.25) is 0 Å². The average molecular weight is 281 g/mol. The molecule has 3 heteroatoms. The zero-order valence-corrected chi connectivity index (χ0v) is 13.4. The first kappa shape index (κ1) is 17.0. The molecule has 0 aromatic heterocycles. The Morgan fingerprint density at radius 2 is 1.95 bits per heavy atom. The summed E-state index contributed by atoms with van der Waals surface area (Å²) in [6.45, 7) is 9.88. The van der Waals surface area contributed by atoms with Gasteiger partial charge in [0.25, 0.3) is 0 Å². The number of methoxy groups -OCH3 is 1. The van der Waals surface area contributed by atoms with Gasteiger partial charge in [-0.2, -0.15) is 0 Å². The van der Waals surface area contributed by atoms with Gasteiger partial charge in [0.15, 0.2) is 11.6 Å². The fraction of sp³-hybridized carbons (Fsp3) is 0.647. The highest BCUT2D eigenvalue weighted by Gasteiger charge is 2.21. The summed E-state index contributed by atoms with van der Waals surface area (Å²) >= 11 is 0. The molecule has 20 heavy (non-hydrogen) atoms. The molecule has 0 saturated heterocycles. The monoisotopic (exact) mass is 281 g/mol. The molecule has 0 fully saturated rings. The van der Waals surface area contributed by atoms with E-state index in [0.29, 0.717) is 23.6 Å². The van der Waals surface area contributed by atoms with Crippen LogP contribution in [0, 0.1) is 17.7 Å². The number of hydrogen-bond donors (Lipinski definition) is 1. The van der Waals surface area contributed by atoms with Gasteiger partial charge in [-0.1, -0.05) is 26.8 Å². The molecule has 0 aliphatic carbocycles. The van der Waals surface area contributed by atoms with E-state index in [9.17, 15) is 4.39 Å². The first-order valence-electron chi connectivity index (χ1n) is 7.55. The summed E-state index contributed by atoms with van der Waals surface area (Å²) in [7, 11) is 1.49. The Labute approximate surface area is 122 Å². The number of halogens is 1. The van der Waals surface area contributed by atoms with E-state index in [-0.39, 0.29) is 5.82 Å². The van der Waals surface area contributed by atoms with Crippen molar-refractivity contribution in [3.8, 4) is 5.75 Å². The Bertz CT molecular complexity index is 406. The van der Waals surface area contributed by atoms with Crippen molar-refractivity contribution in [2.45, 2.75) is 46.6 Å². The molecular formula is C17H28FNO. The Kier molecular flexibility index (Phi) is 7.00. The predicted molar refractivity (Wildman–Crippen MR) is 82.7 cm³/mol. The minimum Gasteiger partial charge on any atom is -0.494 e. The van der Waals surface area contributed by atoms with E-state index in [0.717, 1.165) is 24.9 Å². The third kappa shape index (κ3) is 4.78. The van der Waals surface area contributed by atoms with Crippen molar-refractivity contribution in [1.82, 2.24) is 5.32 Å². The molecule has 0 aliphatic rings. The highest BCUT2D eigenvalue weighted by Crippen LogP contribution is 2.24. The summed E-state index contributed by atoms with van der Waals surface area (Å²) in [5, 5.41) is 3.55. The van der Waals surface area contributed by atoms with E-state index in [1.165, 1.54) is 7.11 Å². The van der Waals surface area contributed by atoms with Crippen LogP contribution in [-0.4, -0.2) is 19.7 Å². The van der Waals surface area contributed by atoms with Gasteiger partial charge < -0.3 is 10.1 Å². The van der Waals surface area contributed by atoms with Gasteiger partial charge in [0.2, 0.25) is 0 Å². The van der Waals surface area contributed by atoms with E-state index in [1.54, 1.807) is 12.1 Å². The molecule has 0 bridgehead atoms. The summed E-state index contributed by atoms with van der Waals surface area (Å²) in [6.07, 6.45) is 2.02. The van der Waals surface area contributed by atoms with Gasteiger partial charge >= 0.3 is 0 Å². The van der Waals surface area contributed by atoms with E-state index in [1.807, 2.05) is 6.07 Å². The Hall–Kier alpha value is -1.09. The maximum Gasteiger partial charge on any atom is 0.165 e. The van der Waals surface area contributed by atoms with Crippen molar-refractivity contribution in [3.63, 3.8) is 0 Å². The van der Waals surface area contributed by atoms with Gasteiger partial charge in [0.1, 0.15) is 0 Å². The number of benzene rings is 1. The van der Waals surface area contributed by atoms with Crippen LogP contribution in [-0.2, 0) is 6.42 Å². The van der Waals surface area contributed by atoms with E-state index < -0.39 is 0 Å². The molecule has 0 aliphatic heterocycles. The zero-order valence-electron chi connectivity index (χ0n) is 13.4. The van der Waals surface area contributed by atoms with Gasteiger partial charge in [-0.3, -0.25) is 0 Å². The number of nitrogens with one attached hydrogen (secondary N) is 1. The summed E-state index contributed by atoms with van der Waals surface area (Å²) in [5.74, 6) is 1.09. The molecular weight excluding hydrogens is 253 g/mol. The standard InChI is InChI=1S/C17H28FNO/c1-6-9-19-13(4)15(12(2)3)10-14-7-8-17(20-5)16(18)11-14/h7-8,11-13,15,19H,6,9-10H2,1-5H3. The lowest BCUT2D eigenvalue weighted by Gasteiger charge is -2.28. The lowest BCUT2D eigenvalue weighted by Crippen LogP contribution is -2.37. The highest BCUT2D eigenvalue weighted by molar-refractivity contribution is 5.29. The minimum atomic E-state index is -0.276. The highest BCUT2D eigenvalue weighted by atomic mass is 19.1. The first-order chi connectivity index (χ1) is 9.49. The van der Waals surface area contributed by atoms with Gasteiger partial charge in [-0.25, -0.2) is 4.39 Å². The quantitative estimate of drug-likeness (QED) is 0.776. The smallest absolute Gasteiger partial charge is 0.165 e. The molecule has 1 N–H and O–H groups in total.